The van der Waals surface area contributed by atoms with E-state index in [1.165, 1.54) is 12.1 Å². The molecule has 0 bridgehead atoms. The summed E-state index contributed by atoms with van der Waals surface area (Å²) in [6, 6.07) is 13.4. The molecule has 0 fully saturated rings. The first-order valence-corrected chi connectivity index (χ1v) is 9.27. The van der Waals surface area contributed by atoms with Gasteiger partial charge in [-0.15, -0.1) is 0 Å². The predicted octanol–water partition coefficient (Wildman–Crippen LogP) is 2.71. The van der Waals surface area contributed by atoms with Gasteiger partial charge >= 0.3 is 0 Å². The van der Waals surface area contributed by atoms with Crippen molar-refractivity contribution in [1.29, 1.82) is 0 Å². The number of aliphatic imine (C=N–C) groups is 1. The second kappa shape index (κ2) is 10.9. The number of ether oxygens (including phenoxy) is 1. The molecule has 0 aliphatic heterocycles. The molecule has 2 aromatic rings. The van der Waals surface area contributed by atoms with Crippen LogP contribution < -0.4 is 20.7 Å². The SMILES string of the molecule is CCNC(=NCc1ccc(C(=O)NC)cc1)NCC(C)Oc1cccc(F)c1. The lowest BCUT2D eigenvalue weighted by atomic mass is 10.1. The molecule has 150 valence electrons. The van der Waals surface area contributed by atoms with Gasteiger partial charge in [0.25, 0.3) is 5.91 Å². The molecule has 3 N–H and O–H groups in total. The van der Waals surface area contributed by atoms with E-state index in [2.05, 4.69) is 20.9 Å². The molecule has 7 heteroatoms. The number of carbonyl (C=O) groups is 1. The summed E-state index contributed by atoms with van der Waals surface area (Å²) in [5, 5.41) is 9.00. The first-order valence-electron chi connectivity index (χ1n) is 9.27. The van der Waals surface area contributed by atoms with Gasteiger partial charge in [-0.1, -0.05) is 18.2 Å². The summed E-state index contributed by atoms with van der Waals surface area (Å²) in [6.45, 7) is 5.60. The van der Waals surface area contributed by atoms with Crippen molar-refractivity contribution in [2.45, 2.75) is 26.5 Å². The molecule has 0 saturated heterocycles. The Morgan fingerprint density at radius 1 is 1.18 bits per heavy atom. The summed E-state index contributed by atoms with van der Waals surface area (Å²) >= 11 is 0. The number of guanidine groups is 1. The molecule has 2 rings (SSSR count). The molecule has 0 aromatic heterocycles. The van der Waals surface area contributed by atoms with Crippen molar-refractivity contribution in [3.63, 3.8) is 0 Å². The van der Waals surface area contributed by atoms with Gasteiger partial charge in [0.1, 0.15) is 17.7 Å². The monoisotopic (exact) mass is 386 g/mol. The van der Waals surface area contributed by atoms with Crippen LogP contribution in [-0.4, -0.2) is 38.1 Å². The normalized spacial score (nSPS) is 12.2. The molecule has 28 heavy (non-hydrogen) atoms. The fourth-order valence-electron chi connectivity index (χ4n) is 2.47. The molecule has 0 aliphatic rings. The summed E-state index contributed by atoms with van der Waals surface area (Å²) in [5.74, 6) is 0.715. The Morgan fingerprint density at radius 3 is 2.57 bits per heavy atom. The van der Waals surface area contributed by atoms with Gasteiger partial charge in [-0.2, -0.15) is 0 Å². The number of rotatable bonds is 8. The van der Waals surface area contributed by atoms with Crippen molar-refractivity contribution in [3.05, 3.63) is 65.5 Å². The van der Waals surface area contributed by atoms with Gasteiger partial charge in [0.2, 0.25) is 0 Å². The maximum absolute atomic E-state index is 13.2. The average molecular weight is 386 g/mol. The van der Waals surface area contributed by atoms with Crippen LogP contribution in [-0.2, 0) is 6.54 Å². The minimum atomic E-state index is -0.324. The summed E-state index contributed by atoms with van der Waals surface area (Å²) in [7, 11) is 1.61. The standard InChI is InChI=1S/C21H27FN4O2/c1-4-24-21(25-13-15(2)28-19-7-5-6-18(22)12-19)26-14-16-8-10-17(11-9-16)20(27)23-3/h5-12,15H,4,13-14H2,1-3H3,(H,23,27)(H2,24,25,26). The molecule has 2 aromatic carbocycles. The predicted molar refractivity (Wildman–Crippen MR) is 109 cm³/mol. The molecule has 0 heterocycles. The van der Waals surface area contributed by atoms with E-state index in [1.54, 1.807) is 31.3 Å². The van der Waals surface area contributed by atoms with Crippen LogP contribution in [0.15, 0.2) is 53.5 Å². The number of halogens is 1. The van der Waals surface area contributed by atoms with Crippen molar-refractivity contribution in [1.82, 2.24) is 16.0 Å². The molecule has 6 nitrogen and oxygen atoms in total. The lowest BCUT2D eigenvalue weighted by Crippen LogP contribution is -2.41. The van der Waals surface area contributed by atoms with E-state index in [-0.39, 0.29) is 17.8 Å². The molecule has 1 atom stereocenters. The van der Waals surface area contributed by atoms with Crippen LogP contribution in [0.4, 0.5) is 4.39 Å². The van der Waals surface area contributed by atoms with Gasteiger partial charge in [0, 0.05) is 25.2 Å². The summed E-state index contributed by atoms with van der Waals surface area (Å²) in [4.78, 5) is 16.1. The summed E-state index contributed by atoms with van der Waals surface area (Å²) in [6.07, 6.45) is -0.169. The zero-order valence-electron chi connectivity index (χ0n) is 16.5. The van der Waals surface area contributed by atoms with E-state index < -0.39 is 0 Å². The molecule has 0 radical (unpaired) electrons. The molecule has 0 spiro atoms. The second-order valence-corrected chi connectivity index (χ2v) is 6.24. The first kappa shape index (κ1) is 21.2. The van der Waals surface area contributed by atoms with Crippen LogP contribution in [0.3, 0.4) is 0 Å². The van der Waals surface area contributed by atoms with Gasteiger partial charge in [-0.05, 0) is 43.7 Å². The lowest BCUT2D eigenvalue weighted by molar-refractivity contribution is 0.0963. The summed E-state index contributed by atoms with van der Waals surface area (Å²) < 4.78 is 18.9. The molecule has 0 saturated carbocycles. The second-order valence-electron chi connectivity index (χ2n) is 6.24. The molecule has 1 unspecified atom stereocenters. The van der Waals surface area contributed by atoms with E-state index in [0.29, 0.717) is 30.4 Å². The number of carbonyl (C=O) groups excluding carboxylic acids is 1. The van der Waals surface area contributed by atoms with E-state index in [4.69, 9.17) is 4.74 Å². The fourth-order valence-corrected chi connectivity index (χ4v) is 2.47. The smallest absolute Gasteiger partial charge is 0.251 e. The van der Waals surface area contributed by atoms with Gasteiger partial charge in [0.05, 0.1) is 13.1 Å². The molecule has 0 aliphatic carbocycles. The number of amides is 1. The number of nitrogens with one attached hydrogen (secondary N) is 3. The Bertz CT molecular complexity index is 793. The largest absolute Gasteiger partial charge is 0.489 e. The lowest BCUT2D eigenvalue weighted by Gasteiger charge is -2.17. The van der Waals surface area contributed by atoms with Crippen molar-refractivity contribution in [2.75, 3.05) is 20.1 Å². The number of nitrogens with zero attached hydrogens (tertiary/aromatic N) is 1. The zero-order valence-corrected chi connectivity index (χ0v) is 16.5. The van der Waals surface area contributed by atoms with Crippen molar-refractivity contribution < 1.29 is 13.9 Å². The highest BCUT2D eigenvalue weighted by atomic mass is 19.1. The van der Waals surface area contributed by atoms with Crippen molar-refractivity contribution in [3.8, 4) is 5.75 Å². The minimum Gasteiger partial charge on any atom is -0.489 e. The van der Waals surface area contributed by atoms with Crippen LogP contribution in [0.1, 0.15) is 29.8 Å². The van der Waals surface area contributed by atoms with Crippen LogP contribution in [0.25, 0.3) is 0 Å². The van der Waals surface area contributed by atoms with E-state index in [9.17, 15) is 9.18 Å². The highest BCUT2D eigenvalue weighted by Gasteiger charge is 2.07. The van der Waals surface area contributed by atoms with Gasteiger partial charge in [0.15, 0.2) is 5.96 Å². The Labute approximate surface area is 165 Å². The molecular formula is C21H27FN4O2. The zero-order chi connectivity index (χ0) is 20.4. The van der Waals surface area contributed by atoms with E-state index >= 15 is 0 Å². The van der Waals surface area contributed by atoms with E-state index in [1.807, 2.05) is 26.0 Å². The molecular weight excluding hydrogens is 359 g/mol. The number of benzene rings is 2. The Kier molecular flexibility index (Phi) is 8.27. The third kappa shape index (κ3) is 6.90. The maximum atomic E-state index is 13.2. The minimum absolute atomic E-state index is 0.114. The average Bonchev–Trinajstić information content (AvgIpc) is 2.70. The van der Waals surface area contributed by atoms with Crippen LogP contribution in [0.2, 0.25) is 0 Å². The van der Waals surface area contributed by atoms with Crippen molar-refractivity contribution >= 4 is 11.9 Å². The first-order chi connectivity index (χ1) is 13.5. The van der Waals surface area contributed by atoms with Gasteiger partial charge < -0.3 is 20.7 Å². The van der Waals surface area contributed by atoms with Crippen LogP contribution >= 0.6 is 0 Å². The van der Waals surface area contributed by atoms with Gasteiger partial charge in [-0.3, -0.25) is 4.79 Å². The van der Waals surface area contributed by atoms with Crippen LogP contribution in [0.5, 0.6) is 5.75 Å². The highest BCUT2D eigenvalue weighted by Crippen LogP contribution is 2.13. The quantitative estimate of drug-likeness (QED) is 0.482. The number of hydrogen-bond donors (Lipinski definition) is 3. The fraction of sp³-hybridized carbons (Fsp3) is 0.333. The van der Waals surface area contributed by atoms with Crippen LogP contribution in [0, 0.1) is 5.82 Å². The Morgan fingerprint density at radius 2 is 1.93 bits per heavy atom. The third-order valence-corrected chi connectivity index (χ3v) is 3.90. The summed E-state index contributed by atoms with van der Waals surface area (Å²) in [5.41, 5.74) is 1.61. The molecule has 1 amide bonds. The Hall–Kier alpha value is -3.09. The Balaban J connectivity index is 1.89. The van der Waals surface area contributed by atoms with E-state index in [0.717, 1.165) is 12.1 Å². The topological polar surface area (TPSA) is 74.8 Å². The maximum Gasteiger partial charge on any atom is 0.251 e. The van der Waals surface area contributed by atoms with Gasteiger partial charge in [-0.25, -0.2) is 9.38 Å². The highest BCUT2D eigenvalue weighted by molar-refractivity contribution is 5.93. The third-order valence-electron chi connectivity index (χ3n) is 3.90. The number of hydrogen-bond acceptors (Lipinski definition) is 3. The van der Waals surface area contributed by atoms with Crippen molar-refractivity contribution in [2.24, 2.45) is 4.99 Å².